The van der Waals surface area contributed by atoms with Crippen molar-refractivity contribution in [3.8, 4) is 0 Å². The lowest BCUT2D eigenvalue weighted by Crippen LogP contribution is -2.45. The number of piperidine rings is 1. The number of nitrogens with one attached hydrogen (secondary N) is 1. The third kappa shape index (κ3) is 3.48. The fourth-order valence-electron chi connectivity index (χ4n) is 2.38. The maximum atomic E-state index is 6.29. The van der Waals surface area contributed by atoms with E-state index in [1.54, 1.807) is 0 Å². The van der Waals surface area contributed by atoms with Gasteiger partial charge >= 0.3 is 0 Å². The van der Waals surface area contributed by atoms with Gasteiger partial charge in [0, 0.05) is 22.7 Å². The van der Waals surface area contributed by atoms with Crippen LogP contribution in [0.2, 0.25) is 5.02 Å². The average Bonchev–Trinajstić information content (AvgIpc) is 2.33. The molecule has 1 aromatic rings. The molecule has 0 spiro atoms. The predicted molar refractivity (Wildman–Crippen MR) is 83.1 cm³/mol. The Kier molecular flexibility index (Phi) is 4.94. The minimum absolute atomic E-state index is 0.600. The molecule has 1 N–H and O–H groups in total. The van der Waals surface area contributed by atoms with Crippen LogP contribution >= 0.6 is 34.2 Å². The summed E-state index contributed by atoms with van der Waals surface area (Å²) in [4.78, 5) is 2.40. The van der Waals surface area contributed by atoms with Crippen LogP contribution in [0.5, 0.6) is 0 Å². The average molecular weight is 365 g/mol. The third-order valence-electron chi connectivity index (χ3n) is 3.16. The van der Waals surface area contributed by atoms with Crippen LogP contribution in [0.15, 0.2) is 18.2 Å². The molecule has 1 heterocycles. The van der Waals surface area contributed by atoms with Gasteiger partial charge in [-0.05, 0) is 60.2 Å². The van der Waals surface area contributed by atoms with E-state index >= 15 is 0 Å². The Labute approximate surface area is 122 Å². The van der Waals surface area contributed by atoms with Gasteiger partial charge in [0.25, 0.3) is 0 Å². The molecule has 1 fully saturated rings. The fraction of sp³-hybridized carbons (Fsp3) is 0.538. The smallest absolute Gasteiger partial charge is 0.0640 e. The van der Waals surface area contributed by atoms with Crippen molar-refractivity contribution < 1.29 is 0 Å². The number of hydrogen-bond donors (Lipinski definition) is 1. The fourth-order valence-corrected chi connectivity index (χ4v) is 3.09. The summed E-state index contributed by atoms with van der Waals surface area (Å²) in [6, 6.07) is 6.83. The van der Waals surface area contributed by atoms with Crippen molar-refractivity contribution in [1.82, 2.24) is 5.32 Å². The van der Waals surface area contributed by atoms with Crippen LogP contribution in [-0.2, 0) is 0 Å². The summed E-state index contributed by atoms with van der Waals surface area (Å²) in [5.41, 5.74) is 1.18. The van der Waals surface area contributed by atoms with Crippen molar-refractivity contribution >= 4 is 39.9 Å². The second kappa shape index (κ2) is 6.25. The summed E-state index contributed by atoms with van der Waals surface area (Å²) in [6.07, 6.45) is 2.51. The van der Waals surface area contributed by atoms with Crippen molar-refractivity contribution in [3.63, 3.8) is 0 Å². The van der Waals surface area contributed by atoms with Crippen LogP contribution < -0.4 is 10.2 Å². The van der Waals surface area contributed by atoms with E-state index in [4.69, 9.17) is 11.6 Å². The maximum absolute atomic E-state index is 6.29. The van der Waals surface area contributed by atoms with E-state index in [2.05, 4.69) is 51.9 Å². The number of hydrogen-bond acceptors (Lipinski definition) is 2. The molecule has 2 nitrogen and oxygen atoms in total. The van der Waals surface area contributed by atoms with E-state index in [0.717, 1.165) is 24.7 Å². The standard InChI is InChI=1S/C13H18ClIN2/c1-2-16-11-4-3-7-17(9-11)13-8-10(15)5-6-12(13)14/h5-6,8,11,16H,2-4,7,9H2,1H3. The van der Waals surface area contributed by atoms with Gasteiger partial charge in [-0.3, -0.25) is 0 Å². The van der Waals surface area contributed by atoms with E-state index in [1.165, 1.54) is 22.1 Å². The van der Waals surface area contributed by atoms with Crippen LogP contribution in [0.25, 0.3) is 0 Å². The largest absolute Gasteiger partial charge is 0.369 e. The molecule has 4 heteroatoms. The van der Waals surface area contributed by atoms with Gasteiger partial charge in [-0.25, -0.2) is 0 Å². The van der Waals surface area contributed by atoms with Gasteiger partial charge in [0.2, 0.25) is 0 Å². The SMILES string of the molecule is CCNC1CCCN(c2cc(I)ccc2Cl)C1. The molecule has 1 aliphatic heterocycles. The van der Waals surface area contributed by atoms with E-state index in [1.807, 2.05) is 6.07 Å². The molecule has 1 unspecified atom stereocenters. The summed E-state index contributed by atoms with van der Waals surface area (Å²) >= 11 is 8.63. The van der Waals surface area contributed by atoms with Crippen molar-refractivity contribution in [2.75, 3.05) is 24.5 Å². The Balaban J connectivity index is 2.13. The second-order valence-corrected chi connectivity index (χ2v) is 6.09. The zero-order valence-corrected chi connectivity index (χ0v) is 13.0. The highest BCUT2D eigenvalue weighted by Crippen LogP contribution is 2.29. The Morgan fingerprint density at radius 2 is 2.35 bits per heavy atom. The summed E-state index contributed by atoms with van der Waals surface area (Å²) < 4.78 is 1.24. The summed E-state index contributed by atoms with van der Waals surface area (Å²) in [7, 11) is 0. The van der Waals surface area contributed by atoms with Gasteiger partial charge in [-0.15, -0.1) is 0 Å². The van der Waals surface area contributed by atoms with Gasteiger partial charge in [-0.1, -0.05) is 18.5 Å². The lowest BCUT2D eigenvalue weighted by Gasteiger charge is -2.35. The van der Waals surface area contributed by atoms with Crippen LogP contribution in [0.3, 0.4) is 0 Å². The Morgan fingerprint density at radius 1 is 1.53 bits per heavy atom. The number of anilines is 1. The first-order valence-electron chi connectivity index (χ1n) is 6.14. The van der Waals surface area contributed by atoms with Gasteiger partial charge in [-0.2, -0.15) is 0 Å². The van der Waals surface area contributed by atoms with Crippen LogP contribution in [0.4, 0.5) is 5.69 Å². The van der Waals surface area contributed by atoms with E-state index in [9.17, 15) is 0 Å². The quantitative estimate of drug-likeness (QED) is 0.826. The minimum Gasteiger partial charge on any atom is -0.369 e. The van der Waals surface area contributed by atoms with Gasteiger partial charge in [0.05, 0.1) is 10.7 Å². The number of nitrogens with zero attached hydrogens (tertiary/aromatic N) is 1. The highest BCUT2D eigenvalue weighted by atomic mass is 127. The van der Waals surface area contributed by atoms with Gasteiger partial charge < -0.3 is 10.2 Å². The van der Waals surface area contributed by atoms with Crippen LogP contribution in [0, 0.1) is 3.57 Å². The van der Waals surface area contributed by atoms with Crippen molar-refractivity contribution in [3.05, 3.63) is 26.8 Å². The van der Waals surface area contributed by atoms with Crippen LogP contribution in [0.1, 0.15) is 19.8 Å². The second-order valence-electron chi connectivity index (χ2n) is 4.44. The molecule has 1 atom stereocenters. The summed E-state index contributed by atoms with van der Waals surface area (Å²) in [5, 5.41) is 4.40. The number of benzene rings is 1. The van der Waals surface area contributed by atoms with Crippen molar-refractivity contribution in [2.45, 2.75) is 25.8 Å². The zero-order valence-electron chi connectivity index (χ0n) is 10.0. The third-order valence-corrected chi connectivity index (χ3v) is 4.15. The number of halogens is 2. The molecule has 0 saturated carbocycles. The molecule has 0 aliphatic carbocycles. The Morgan fingerprint density at radius 3 is 3.12 bits per heavy atom. The van der Waals surface area contributed by atoms with Crippen molar-refractivity contribution in [1.29, 1.82) is 0 Å². The molecule has 0 radical (unpaired) electrons. The lowest BCUT2D eigenvalue weighted by molar-refractivity contribution is 0.431. The molecule has 2 rings (SSSR count). The lowest BCUT2D eigenvalue weighted by atomic mass is 10.0. The first-order valence-corrected chi connectivity index (χ1v) is 7.59. The molecule has 0 bridgehead atoms. The first kappa shape index (κ1) is 13.4. The van der Waals surface area contributed by atoms with E-state index < -0.39 is 0 Å². The summed E-state index contributed by atoms with van der Waals surface area (Å²) in [6.45, 7) is 5.38. The first-order chi connectivity index (χ1) is 8.20. The maximum Gasteiger partial charge on any atom is 0.0640 e. The number of likely N-dealkylation sites (N-methyl/N-ethyl adjacent to an activating group) is 1. The summed E-state index contributed by atoms with van der Waals surface area (Å²) in [5.74, 6) is 0. The molecule has 1 saturated heterocycles. The molecular formula is C13H18ClIN2. The minimum atomic E-state index is 0.600. The molecule has 1 aromatic carbocycles. The van der Waals surface area contributed by atoms with Crippen molar-refractivity contribution in [2.24, 2.45) is 0 Å². The van der Waals surface area contributed by atoms with E-state index in [-0.39, 0.29) is 0 Å². The predicted octanol–water partition coefficient (Wildman–Crippen LogP) is 3.52. The molecule has 94 valence electrons. The molecule has 0 amide bonds. The van der Waals surface area contributed by atoms with Crippen LogP contribution in [-0.4, -0.2) is 25.7 Å². The molecule has 1 aliphatic rings. The zero-order chi connectivity index (χ0) is 12.3. The highest BCUT2D eigenvalue weighted by Gasteiger charge is 2.20. The Hall–Kier alpha value is -0.0000000000000000555. The normalized spacial score (nSPS) is 20.6. The van der Waals surface area contributed by atoms with E-state index in [0.29, 0.717) is 6.04 Å². The monoisotopic (exact) mass is 364 g/mol. The molecule has 0 aromatic heterocycles. The highest BCUT2D eigenvalue weighted by molar-refractivity contribution is 14.1. The van der Waals surface area contributed by atoms with Gasteiger partial charge in [0.1, 0.15) is 0 Å². The molecular weight excluding hydrogens is 347 g/mol. The molecule has 17 heavy (non-hydrogen) atoms. The number of rotatable bonds is 3. The topological polar surface area (TPSA) is 15.3 Å². The Bertz CT molecular complexity index is 382. The van der Waals surface area contributed by atoms with Gasteiger partial charge in [0.15, 0.2) is 0 Å².